The molecule has 23 heavy (non-hydrogen) atoms. The van der Waals surface area contributed by atoms with E-state index in [1.165, 1.54) is 7.05 Å². The largest absolute Gasteiger partial charge is 0.376 e. The molecule has 0 spiro atoms. The van der Waals surface area contributed by atoms with E-state index in [9.17, 15) is 18.4 Å². The third-order valence-corrected chi connectivity index (χ3v) is 3.04. The predicted molar refractivity (Wildman–Crippen MR) is 83.3 cm³/mol. The summed E-state index contributed by atoms with van der Waals surface area (Å²) in [5, 5.41) is 7.55. The van der Waals surface area contributed by atoms with Gasteiger partial charge in [0.2, 0.25) is 5.91 Å². The molecule has 5 nitrogen and oxygen atoms in total. The second-order valence-corrected chi connectivity index (χ2v) is 4.65. The van der Waals surface area contributed by atoms with E-state index < -0.39 is 17.5 Å². The molecule has 0 aliphatic rings. The van der Waals surface area contributed by atoms with Crippen molar-refractivity contribution >= 4 is 23.2 Å². The van der Waals surface area contributed by atoms with E-state index in [2.05, 4.69) is 16.0 Å². The van der Waals surface area contributed by atoms with Crippen molar-refractivity contribution < 1.29 is 18.4 Å². The van der Waals surface area contributed by atoms with Gasteiger partial charge in [-0.3, -0.25) is 9.59 Å². The first-order valence-corrected chi connectivity index (χ1v) is 6.81. The fourth-order valence-corrected chi connectivity index (χ4v) is 1.93. The number of hydrogen-bond acceptors (Lipinski definition) is 3. The minimum Gasteiger partial charge on any atom is -0.376 e. The van der Waals surface area contributed by atoms with Crippen LogP contribution < -0.4 is 16.0 Å². The number of hydrogen-bond donors (Lipinski definition) is 3. The first kappa shape index (κ1) is 16.4. The van der Waals surface area contributed by atoms with Crippen molar-refractivity contribution in [3.05, 3.63) is 59.7 Å². The molecule has 3 N–H and O–H groups in total. The summed E-state index contributed by atoms with van der Waals surface area (Å²) in [5.74, 6) is -2.25. The fraction of sp³-hybridized carbons (Fsp3) is 0.125. The second-order valence-electron chi connectivity index (χ2n) is 4.65. The smallest absolute Gasteiger partial charge is 0.253 e. The lowest BCUT2D eigenvalue weighted by molar-refractivity contribution is -0.114. The highest BCUT2D eigenvalue weighted by atomic mass is 19.1. The van der Waals surface area contributed by atoms with Crippen molar-refractivity contribution in [2.45, 2.75) is 0 Å². The number of anilines is 2. The van der Waals surface area contributed by atoms with E-state index in [4.69, 9.17) is 0 Å². The molecule has 0 saturated carbocycles. The Labute approximate surface area is 131 Å². The molecule has 0 aromatic heterocycles. The first-order valence-electron chi connectivity index (χ1n) is 6.81. The van der Waals surface area contributed by atoms with E-state index in [0.717, 1.165) is 18.2 Å². The van der Waals surface area contributed by atoms with Gasteiger partial charge in [0, 0.05) is 18.8 Å². The van der Waals surface area contributed by atoms with Gasteiger partial charge < -0.3 is 16.0 Å². The summed E-state index contributed by atoms with van der Waals surface area (Å²) in [6.07, 6.45) is 0. The molecule has 0 bridgehead atoms. The Morgan fingerprint density at radius 2 is 1.78 bits per heavy atom. The van der Waals surface area contributed by atoms with Crippen molar-refractivity contribution in [1.82, 2.24) is 5.32 Å². The second kappa shape index (κ2) is 7.35. The zero-order valence-corrected chi connectivity index (χ0v) is 12.3. The Morgan fingerprint density at radius 3 is 2.52 bits per heavy atom. The summed E-state index contributed by atoms with van der Waals surface area (Å²) < 4.78 is 26.5. The number of carbonyl (C=O) groups is 2. The molecule has 0 unspecified atom stereocenters. The van der Waals surface area contributed by atoms with Crippen LogP contribution in [0.1, 0.15) is 10.4 Å². The Kier molecular flexibility index (Phi) is 5.24. The number of carbonyl (C=O) groups excluding carboxylic acids is 2. The van der Waals surface area contributed by atoms with Gasteiger partial charge >= 0.3 is 0 Å². The van der Waals surface area contributed by atoms with Crippen LogP contribution in [0.15, 0.2) is 42.5 Å². The van der Waals surface area contributed by atoms with Gasteiger partial charge in [-0.05, 0) is 24.3 Å². The van der Waals surface area contributed by atoms with Crippen molar-refractivity contribution in [2.24, 2.45) is 0 Å². The maximum absolute atomic E-state index is 13.5. The number of rotatable bonds is 5. The van der Waals surface area contributed by atoms with Gasteiger partial charge in [-0.1, -0.05) is 12.1 Å². The van der Waals surface area contributed by atoms with Crippen LogP contribution in [0.2, 0.25) is 0 Å². The highest BCUT2D eigenvalue weighted by Crippen LogP contribution is 2.16. The normalized spacial score (nSPS) is 10.0. The molecule has 0 aliphatic carbocycles. The number of amides is 2. The lowest BCUT2D eigenvalue weighted by Gasteiger charge is -2.11. The molecule has 2 aromatic rings. The van der Waals surface area contributed by atoms with Gasteiger partial charge in [-0.15, -0.1) is 0 Å². The van der Waals surface area contributed by atoms with Crippen LogP contribution >= 0.6 is 0 Å². The standard InChI is InChI=1S/C16H15F2N3O2/c1-19-16(23)11-4-2-3-5-13(11)20-9-15(22)21-14-8-10(17)6-7-12(14)18/h2-8,20H,9H2,1H3,(H,19,23)(H,21,22). The fourth-order valence-electron chi connectivity index (χ4n) is 1.93. The van der Waals surface area contributed by atoms with Gasteiger partial charge in [0.15, 0.2) is 0 Å². The van der Waals surface area contributed by atoms with Crippen LogP contribution in [0.5, 0.6) is 0 Å². The Balaban J connectivity index is 2.02. The Morgan fingerprint density at radius 1 is 1.04 bits per heavy atom. The summed E-state index contributed by atoms with van der Waals surface area (Å²) in [4.78, 5) is 23.5. The molecule has 0 fully saturated rings. The zero-order valence-electron chi connectivity index (χ0n) is 12.3. The summed E-state index contributed by atoms with van der Waals surface area (Å²) in [7, 11) is 1.50. The van der Waals surface area contributed by atoms with Gasteiger partial charge in [0.25, 0.3) is 5.91 Å². The Bertz CT molecular complexity index is 735. The first-order chi connectivity index (χ1) is 11.0. The summed E-state index contributed by atoms with van der Waals surface area (Å²) in [6, 6.07) is 9.43. The predicted octanol–water partition coefficient (Wildman–Crippen LogP) is 2.38. The minimum atomic E-state index is -0.731. The van der Waals surface area contributed by atoms with Crippen LogP contribution in [0.4, 0.5) is 20.2 Å². The topological polar surface area (TPSA) is 70.2 Å². The van der Waals surface area contributed by atoms with E-state index >= 15 is 0 Å². The molecular weight excluding hydrogens is 304 g/mol. The summed E-state index contributed by atoms with van der Waals surface area (Å²) >= 11 is 0. The third kappa shape index (κ3) is 4.26. The van der Waals surface area contributed by atoms with E-state index in [-0.39, 0.29) is 18.1 Å². The number of para-hydroxylation sites is 1. The maximum Gasteiger partial charge on any atom is 0.253 e. The number of benzene rings is 2. The monoisotopic (exact) mass is 319 g/mol. The molecule has 0 radical (unpaired) electrons. The van der Waals surface area contributed by atoms with Crippen LogP contribution in [0.3, 0.4) is 0 Å². The Hall–Kier alpha value is -2.96. The van der Waals surface area contributed by atoms with E-state index in [1.54, 1.807) is 24.3 Å². The van der Waals surface area contributed by atoms with Gasteiger partial charge in [-0.25, -0.2) is 8.78 Å². The van der Waals surface area contributed by atoms with Gasteiger partial charge in [0.05, 0.1) is 17.8 Å². The maximum atomic E-state index is 13.5. The molecule has 2 aromatic carbocycles. The lowest BCUT2D eigenvalue weighted by Crippen LogP contribution is -2.24. The highest BCUT2D eigenvalue weighted by molar-refractivity contribution is 6.00. The van der Waals surface area contributed by atoms with Crippen molar-refractivity contribution in [3.63, 3.8) is 0 Å². The number of halogens is 2. The molecule has 120 valence electrons. The quantitative estimate of drug-likeness (QED) is 0.792. The summed E-state index contributed by atoms with van der Waals surface area (Å²) in [6.45, 7) is -0.204. The minimum absolute atomic E-state index is 0.204. The van der Waals surface area contributed by atoms with E-state index in [1.807, 2.05) is 0 Å². The van der Waals surface area contributed by atoms with Crippen LogP contribution in [-0.4, -0.2) is 25.4 Å². The molecular formula is C16H15F2N3O2. The van der Waals surface area contributed by atoms with Crippen LogP contribution in [0.25, 0.3) is 0 Å². The molecule has 0 atom stereocenters. The average molecular weight is 319 g/mol. The molecule has 7 heteroatoms. The molecule has 0 heterocycles. The van der Waals surface area contributed by atoms with Crippen LogP contribution in [-0.2, 0) is 4.79 Å². The van der Waals surface area contributed by atoms with Crippen LogP contribution in [0, 0.1) is 11.6 Å². The SMILES string of the molecule is CNC(=O)c1ccccc1NCC(=O)Nc1cc(F)ccc1F. The number of nitrogens with one attached hydrogen (secondary N) is 3. The third-order valence-electron chi connectivity index (χ3n) is 3.04. The average Bonchev–Trinajstić information content (AvgIpc) is 2.56. The zero-order chi connectivity index (χ0) is 16.8. The summed E-state index contributed by atoms with van der Waals surface area (Å²) in [5.41, 5.74) is 0.595. The molecule has 2 rings (SSSR count). The molecule has 0 saturated heterocycles. The molecule has 2 amide bonds. The van der Waals surface area contributed by atoms with Gasteiger partial charge in [-0.2, -0.15) is 0 Å². The van der Waals surface area contributed by atoms with Gasteiger partial charge in [0.1, 0.15) is 11.6 Å². The van der Waals surface area contributed by atoms with Crippen molar-refractivity contribution in [1.29, 1.82) is 0 Å². The van der Waals surface area contributed by atoms with Crippen molar-refractivity contribution in [3.8, 4) is 0 Å². The molecule has 0 aliphatic heterocycles. The lowest BCUT2D eigenvalue weighted by atomic mass is 10.1. The van der Waals surface area contributed by atoms with E-state index in [0.29, 0.717) is 11.3 Å². The van der Waals surface area contributed by atoms with Crippen molar-refractivity contribution in [2.75, 3.05) is 24.2 Å². The highest BCUT2D eigenvalue weighted by Gasteiger charge is 2.11.